The second kappa shape index (κ2) is 7.58. The first-order chi connectivity index (χ1) is 11.8. The van der Waals surface area contributed by atoms with E-state index in [1.54, 1.807) is 7.05 Å². The molecule has 0 atom stereocenters. The molecule has 3 aromatic rings. The molecule has 0 saturated carbocycles. The Kier molecular flexibility index (Phi) is 5.05. The van der Waals surface area contributed by atoms with Crippen LogP contribution in [-0.2, 0) is 13.1 Å². The van der Waals surface area contributed by atoms with Crippen molar-refractivity contribution >= 4 is 11.6 Å². The summed E-state index contributed by atoms with van der Waals surface area (Å²) < 4.78 is 3.91. The summed E-state index contributed by atoms with van der Waals surface area (Å²) in [5.74, 6) is 1.60. The van der Waals surface area contributed by atoms with Crippen LogP contribution in [0.3, 0.4) is 0 Å². The van der Waals surface area contributed by atoms with Gasteiger partial charge in [0.1, 0.15) is 0 Å². The summed E-state index contributed by atoms with van der Waals surface area (Å²) in [6.45, 7) is 4.30. The fourth-order valence-corrected chi connectivity index (χ4v) is 2.43. The lowest BCUT2D eigenvalue weighted by molar-refractivity contribution is 0.569. The second-order valence-electron chi connectivity index (χ2n) is 5.53. The largest absolute Gasteiger partial charge is 0.356 e. The number of hydrogen-bond donors (Lipinski definition) is 2. The molecule has 0 fully saturated rings. The fraction of sp³-hybridized carbons (Fsp3) is 0.375. The number of nitrogens with zero attached hydrogens (tertiary/aromatic N) is 6. The number of pyridine rings is 1. The number of aromatic nitrogens is 5. The summed E-state index contributed by atoms with van der Waals surface area (Å²) in [6, 6.07) is 5.84. The molecule has 3 aromatic heterocycles. The predicted octanol–water partition coefficient (Wildman–Crippen LogP) is 0.990. The molecule has 3 rings (SSSR count). The molecule has 0 aromatic carbocycles. The van der Waals surface area contributed by atoms with Crippen LogP contribution >= 0.6 is 0 Å². The number of guanidine groups is 1. The number of rotatable bonds is 6. The van der Waals surface area contributed by atoms with Crippen molar-refractivity contribution in [2.24, 2.45) is 4.99 Å². The minimum atomic E-state index is 0.559. The molecule has 8 nitrogen and oxygen atoms in total. The highest BCUT2D eigenvalue weighted by Gasteiger charge is 2.05. The third kappa shape index (κ3) is 3.89. The number of aryl methyl sites for hydroxylation is 2. The van der Waals surface area contributed by atoms with Gasteiger partial charge < -0.3 is 10.6 Å². The number of fused-ring (bicyclic) bond motifs is 1. The van der Waals surface area contributed by atoms with E-state index in [4.69, 9.17) is 0 Å². The first-order valence-corrected chi connectivity index (χ1v) is 7.98. The van der Waals surface area contributed by atoms with Crippen molar-refractivity contribution < 1.29 is 0 Å². The van der Waals surface area contributed by atoms with Gasteiger partial charge in [0, 0.05) is 32.5 Å². The zero-order chi connectivity index (χ0) is 16.8. The zero-order valence-corrected chi connectivity index (χ0v) is 14.0. The topological polar surface area (TPSA) is 84.4 Å². The maximum Gasteiger partial charge on any atom is 0.191 e. The Labute approximate surface area is 140 Å². The highest BCUT2D eigenvalue weighted by atomic mass is 15.3. The third-order valence-corrected chi connectivity index (χ3v) is 3.64. The lowest BCUT2D eigenvalue weighted by Crippen LogP contribution is -2.38. The molecule has 0 aliphatic carbocycles. The lowest BCUT2D eigenvalue weighted by Gasteiger charge is -2.11. The van der Waals surface area contributed by atoms with Crippen LogP contribution in [0.1, 0.15) is 17.8 Å². The Morgan fingerprint density at radius 1 is 1.25 bits per heavy atom. The van der Waals surface area contributed by atoms with E-state index in [0.717, 1.165) is 36.9 Å². The Morgan fingerprint density at radius 3 is 2.96 bits per heavy atom. The van der Waals surface area contributed by atoms with Gasteiger partial charge in [0.05, 0.1) is 12.7 Å². The summed E-state index contributed by atoms with van der Waals surface area (Å²) >= 11 is 0. The lowest BCUT2D eigenvalue weighted by atomic mass is 10.4. The standard InChI is InChI=1S/C16H22N8/c1-13-10-20-23(12-13)8-5-7-18-16(17-2)19-11-15-22-21-14-6-3-4-9-24(14)15/h3-4,6,9-10,12H,5,7-8,11H2,1-2H3,(H2,17,18,19). The molecule has 8 heteroatoms. The fourth-order valence-electron chi connectivity index (χ4n) is 2.43. The normalized spacial score (nSPS) is 11.8. The van der Waals surface area contributed by atoms with E-state index < -0.39 is 0 Å². The molecule has 3 heterocycles. The van der Waals surface area contributed by atoms with Crippen molar-refractivity contribution in [1.82, 2.24) is 35.0 Å². The van der Waals surface area contributed by atoms with Crippen molar-refractivity contribution in [2.45, 2.75) is 26.4 Å². The first kappa shape index (κ1) is 16.0. The van der Waals surface area contributed by atoms with Crippen LogP contribution in [0, 0.1) is 6.92 Å². The second-order valence-corrected chi connectivity index (χ2v) is 5.53. The number of hydrogen-bond acceptors (Lipinski definition) is 4. The van der Waals surface area contributed by atoms with Crippen molar-refractivity contribution in [2.75, 3.05) is 13.6 Å². The first-order valence-electron chi connectivity index (χ1n) is 7.98. The summed E-state index contributed by atoms with van der Waals surface area (Å²) in [6.07, 6.45) is 6.84. The smallest absolute Gasteiger partial charge is 0.191 e. The van der Waals surface area contributed by atoms with Gasteiger partial charge in [-0.25, -0.2) is 0 Å². The molecule has 0 saturated heterocycles. The highest BCUT2D eigenvalue weighted by Crippen LogP contribution is 2.02. The summed E-state index contributed by atoms with van der Waals surface area (Å²) in [4.78, 5) is 4.23. The molecule has 0 amide bonds. The van der Waals surface area contributed by atoms with E-state index in [1.165, 1.54) is 5.56 Å². The van der Waals surface area contributed by atoms with E-state index in [9.17, 15) is 0 Å². The van der Waals surface area contributed by atoms with E-state index in [1.807, 2.05) is 52.8 Å². The Hall–Kier alpha value is -2.90. The SMILES string of the molecule is CN=C(NCCCn1cc(C)cn1)NCc1nnc2ccccn12. The third-order valence-electron chi connectivity index (χ3n) is 3.64. The predicted molar refractivity (Wildman–Crippen MR) is 92.8 cm³/mol. The summed E-state index contributed by atoms with van der Waals surface area (Å²) in [5, 5.41) is 19.2. The molecule has 0 unspecified atom stereocenters. The van der Waals surface area contributed by atoms with E-state index in [2.05, 4.69) is 30.9 Å². The quantitative estimate of drug-likeness (QED) is 0.401. The minimum absolute atomic E-state index is 0.559. The zero-order valence-electron chi connectivity index (χ0n) is 14.0. The van der Waals surface area contributed by atoms with Crippen molar-refractivity contribution in [1.29, 1.82) is 0 Å². The van der Waals surface area contributed by atoms with Gasteiger partial charge in [0.2, 0.25) is 0 Å². The molecule has 126 valence electrons. The maximum absolute atomic E-state index is 4.28. The average Bonchev–Trinajstić information content (AvgIpc) is 3.20. The molecule has 24 heavy (non-hydrogen) atoms. The van der Waals surface area contributed by atoms with Gasteiger partial charge in [0.25, 0.3) is 0 Å². The molecule has 0 bridgehead atoms. The molecule has 0 aliphatic heterocycles. The van der Waals surface area contributed by atoms with Crippen LogP contribution < -0.4 is 10.6 Å². The van der Waals surface area contributed by atoms with E-state index in [0.29, 0.717) is 6.54 Å². The molecule has 0 aliphatic rings. The number of aliphatic imine (C=N–C) groups is 1. The Morgan fingerprint density at radius 2 is 2.17 bits per heavy atom. The van der Waals surface area contributed by atoms with Crippen LogP contribution in [0.15, 0.2) is 41.8 Å². The molecular formula is C16H22N8. The van der Waals surface area contributed by atoms with Crippen LogP contribution in [0.4, 0.5) is 0 Å². The van der Waals surface area contributed by atoms with Crippen molar-refractivity contribution in [3.05, 3.63) is 48.2 Å². The van der Waals surface area contributed by atoms with Crippen LogP contribution in [0.5, 0.6) is 0 Å². The monoisotopic (exact) mass is 326 g/mol. The van der Waals surface area contributed by atoms with E-state index in [-0.39, 0.29) is 0 Å². The maximum atomic E-state index is 4.28. The molecule has 0 spiro atoms. The van der Waals surface area contributed by atoms with Crippen LogP contribution in [0.25, 0.3) is 5.65 Å². The molecule has 0 radical (unpaired) electrons. The van der Waals surface area contributed by atoms with Gasteiger partial charge in [-0.15, -0.1) is 10.2 Å². The number of nitrogens with one attached hydrogen (secondary N) is 2. The summed E-state index contributed by atoms with van der Waals surface area (Å²) in [5.41, 5.74) is 2.02. The summed E-state index contributed by atoms with van der Waals surface area (Å²) in [7, 11) is 1.76. The van der Waals surface area contributed by atoms with E-state index >= 15 is 0 Å². The van der Waals surface area contributed by atoms with Crippen LogP contribution in [0.2, 0.25) is 0 Å². The van der Waals surface area contributed by atoms with Gasteiger partial charge in [-0.3, -0.25) is 14.1 Å². The van der Waals surface area contributed by atoms with Gasteiger partial charge in [-0.1, -0.05) is 6.07 Å². The molecule has 2 N–H and O–H groups in total. The van der Waals surface area contributed by atoms with Crippen molar-refractivity contribution in [3.63, 3.8) is 0 Å². The Balaban J connectivity index is 1.45. The van der Waals surface area contributed by atoms with Crippen LogP contribution in [-0.4, -0.2) is 43.9 Å². The van der Waals surface area contributed by atoms with Crippen molar-refractivity contribution in [3.8, 4) is 0 Å². The van der Waals surface area contributed by atoms with Gasteiger partial charge in [-0.2, -0.15) is 5.10 Å². The highest BCUT2D eigenvalue weighted by molar-refractivity contribution is 5.79. The average molecular weight is 326 g/mol. The van der Waals surface area contributed by atoms with Gasteiger partial charge >= 0.3 is 0 Å². The minimum Gasteiger partial charge on any atom is -0.356 e. The van der Waals surface area contributed by atoms with Gasteiger partial charge in [0.15, 0.2) is 17.4 Å². The molecular weight excluding hydrogens is 304 g/mol. The Bertz CT molecular complexity index is 816. The van der Waals surface area contributed by atoms with Gasteiger partial charge in [-0.05, 0) is 31.0 Å².